The Morgan fingerprint density at radius 1 is 1.17 bits per heavy atom. The maximum absolute atomic E-state index is 10.4. The number of hydrogen-bond acceptors (Lipinski definition) is 3. The Hall–Kier alpha value is -0.700. The van der Waals surface area contributed by atoms with Crippen LogP contribution in [0.15, 0.2) is 0 Å². The Kier molecular flexibility index (Phi) is 3.94. The van der Waals surface area contributed by atoms with Crippen molar-refractivity contribution in [3.8, 4) is 0 Å². The molecule has 1 saturated carbocycles. The largest absolute Gasteiger partial charge is 0.371 e. The van der Waals surface area contributed by atoms with Crippen molar-refractivity contribution in [2.24, 2.45) is 5.92 Å². The first-order chi connectivity index (χ1) is 5.86. The van der Waals surface area contributed by atoms with E-state index in [1.807, 2.05) is 0 Å². The summed E-state index contributed by atoms with van der Waals surface area (Å²) in [6.07, 6.45) is 5.64. The third kappa shape index (κ3) is 2.74. The Morgan fingerprint density at radius 3 is 2.33 bits per heavy atom. The van der Waals surface area contributed by atoms with Crippen LogP contribution in [-0.2, 0) is 14.3 Å². The Morgan fingerprint density at radius 2 is 1.83 bits per heavy atom. The molecule has 12 heavy (non-hydrogen) atoms. The van der Waals surface area contributed by atoms with Crippen molar-refractivity contribution < 1.29 is 14.3 Å². The van der Waals surface area contributed by atoms with Gasteiger partial charge in [0.1, 0.15) is 19.2 Å². The monoisotopic (exact) mass is 170 g/mol. The van der Waals surface area contributed by atoms with Crippen molar-refractivity contribution >= 4 is 12.6 Å². The Balaban J connectivity index is 2.16. The molecule has 0 bridgehead atoms. The summed E-state index contributed by atoms with van der Waals surface area (Å²) in [5.74, 6) is 0.223. The third-order valence-electron chi connectivity index (χ3n) is 2.31. The fourth-order valence-electron chi connectivity index (χ4n) is 1.57. The first-order valence-electron chi connectivity index (χ1n) is 4.37. The van der Waals surface area contributed by atoms with Gasteiger partial charge in [0, 0.05) is 5.92 Å². The van der Waals surface area contributed by atoms with E-state index in [1.54, 1.807) is 0 Å². The quantitative estimate of drug-likeness (QED) is 0.590. The molecule has 1 rings (SSSR count). The summed E-state index contributed by atoms with van der Waals surface area (Å²) in [5, 5.41) is 0. The standard InChI is InChI=1S/C9H14O3/c10-5-6-12-9-3-1-8(7-11)2-4-9/h5,7-9H,1-4,6H2. The predicted molar refractivity (Wildman–Crippen MR) is 43.8 cm³/mol. The molecule has 0 unspecified atom stereocenters. The number of aldehydes is 2. The fourth-order valence-corrected chi connectivity index (χ4v) is 1.57. The van der Waals surface area contributed by atoms with Crippen LogP contribution in [0.3, 0.4) is 0 Å². The zero-order valence-corrected chi connectivity index (χ0v) is 7.07. The molecule has 0 aromatic heterocycles. The van der Waals surface area contributed by atoms with Gasteiger partial charge in [0.15, 0.2) is 0 Å². The Labute approximate surface area is 72.1 Å². The van der Waals surface area contributed by atoms with E-state index in [4.69, 9.17) is 4.74 Å². The fraction of sp³-hybridized carbons (Fsp3) is 0.778. The predicted octanol–water partition coefficient (Wildman–Crippen LogP) is 0.960. The minimum absolute atomic E-state index is 0.191. The maximum Gasteiger partial charge on any atom is 0.145 e. The van der Waals surface area contributed by atoms with Gasteiger partial charge in [-0.3, -0.25) is 0 Å². The van der Waals surface area contributed by atoms with E-state index in [1.165, 1.54) is 0 Å². The third-order valence-corrected chi connectivity index (χ3v) is 2.31. The highest BCUT2D eigenvalue weighted by molar-refractivity contribution is 5.53. The van der Waals surface area contributed by atoms with Crippen molar-refractivity contribution in [2.45, 2.75) is 31.8 Å². The van der Waals surface area contributed by atoms with Crippen LogP contribution in [0.1, 0.15) is 25.7 Å². The molecular formula is C9H14O3. The van der Waals surface area contributed by atoms with Crippen LogP contribution < -0.4 is 0 Å². The summed E-state index contributed by atoms with van der Waals surface area (Å²) >= 11 is 0. The highest BCUT2D eigenvalue weighted by Gasteiger charge is 2.20. The van der Waals surface area contributed by atoms with Crippen LogP contribution >= 0.6 is 0 Å². The van der Waals surface area contributed by atoms with Gasteiger partial charge in [-0.1, -0.05) is 0 Å². The number of rotatable bonds is 4. The zero-order valence-electron chi connectivity index (χ0n) is 7.07. The molecule has 0 N–H and O–H groups in total. The minimum Gasteiger partial charge on any atom is -0.371 e. The lowest BCUT2D eigenvalue weighted by molar-refractivity contribution is -0.117. The van der Waals surface area contributed by atoms with Gasteiger partial charge in [0.2, 0.25) is 0 Å². The van der Waals surface area contributed by atoms with Gasteiger partial charge in [-0.15, -0.1) is 0 Å². The van der Waals surface area contributed by atoms with E-state index in [-0.39, 0.29) is 18.6 Å². The smallest absolute Gasteiger partial charge is 0.145 e. The van der Waals surface area contributed by atoms with Crippen molar-refractivity contribution in [3.05, 3.63) is 0 Å². The van der Waals surface area contributed by atoms with Crippen LogP contribution in [0.25, 0.3) is 0 Å². The SMILES string of the molecule is O=CCOC1CCC(C=O)CC1. The molecule has 0 spiro atoms. The van der Waals surface area contributed by atoms with E-state index in [0.29, 0.717) is 0 Å². The average Bonchev–Trinajstić information content (AvgIpc) is 2.15. The molecule has 68 valence electrons. The second kappa shape index (κ2) is 5.04. The topological polar surface area (TPSA) is 43.4 Å². The van der Waals surface area contributed by atoms with Gasteiger partial charge in [0.05, 0.1) is 6.10 Å². The molecule has 1 aliphatic rings. The lowest BCUT2D eigenvalue weighted by Gasteiger charge is -2.24. The number of ether oxygens (including phenoxy) is 1. The molecule has 0 aromatic carbocycles. The summed E-state index contributed by atoms with van der Waals surface area (Å²) < 4.78 is 5.24. The first kappa shape index (κ1) is 9.39. The average molecular weight is 170 g/mol. The van der Waals surface area contributed by atoms with E-state index in [0.717, 1.165) is 38.3 Å². The molecule has 0 heterocycles. The van der Waals surface area contributed by atoms with E-state index >= 15 is 0 Å². The summed E-state index contributed by atoms with van der Waals surface area (Å²) in [7, 11) is 0. The van der Waals surface area contributed by atoms with Crippen LogP contribution in [0.2, 0.25) is 0 Å². The van der Waals surface area contributed by atoms with Gasteiger partial charge in [-0.25, -0.2) is 0 Å². The second-order valence-electron chi connectivity index (χ2n) is 3.17. The first-order valence-corrected chi connectivity index (χ1v) is 4.37. The number of hydrogen-bond donors (Lipinski definition) is 0. The van der Waals surface area contributed by atoms with E-state index in [9.17, 15) is 9.59 Å². The minimum atomic E-state index is 0.191. The number of carbonyl (C=O) groups is 2. The van der Waals surface area contributed by atoms with Crippen molar-refractivity contribution in [1.29, 1.82) is 0 Å². The summed E-state index contributed by atoms with van der Waals surface area (Å²) in [6.45, 7) is 0.191. The molecule has 0 aliphatic heterocycles. The van der Waals surface area contributed by atoms with Gasteiger partial charge >= 0.3 is 0 Å². The molecule has 0 amide bonds. The molecule has 3 nitrogen and oxygen atoms in total. The summed E-state index contributed by atoms with van der Waals surface area (Å²) in [5.41, 5.74) is 0. The highest BCUT2D eigenvalue weighted by Crippen LogP contribution is 2.24. The molecule has 3 heteroatoms. The molecule has 0 atom stereocenters. The zero-order chi connectivity index (χ0) is 8.81. The summed E-state index contributed by atoms with van der Waals surface area (Å²) in [4.78, 5) is 20.4. The summed E-state index contributed by atoms with van der Waals surface area (Å²) in [6, 6.07) is 0. The molecule has 0 saturated heterocycles. The molecular weight excluding hydrogens is 156 g/mol. The molecule has 1 aliphatic carbocycles. The maximum atomic E-state index is 10.4. The van der Waals surface area contributed by atoms with E-state index in [2.05, 4.69) is 0 Å². The number of carbonyl (C=O) groups excluding carboxylic acids is 2. The van der Waals surface area contributed by atoms with Gasteiger partial charge < -0.3 is 14.3 Å². The van der Waals surface area contributed by atoms with Crippen molar-refractivity contribution in [3.63, 3.8) is 0 Å². The van der Waals surface area contributed by atoms with Gasteiger partial charge in [-0.05, 0) is 25.7 Å². The second-order valence-corrected chi connectivity index (χ2v) is 3.17. The lowest BCUT2D eigenvalue weighted by atomic mass is 9.88. The lowest BCUT2D eigenvalue weighted by Crippen LogP contribution is -2.22. The highest BCUT2D eigenvalue weighted by atomic mass is 16.5. The van der Waals surface area contributed by atoms with Crippen LogP contribution in [0.4, 0.5) is 0 Å². The van der Waals surface area contributed by atoms with Crippen LogP contribution in [0, 0.1) is 5.92 Å². The van der Waals surface area contributed by atoms with Crippen LogP contribution in [-0.4, -0.2) is 25.3 Å². The normalized spacial score (nSPS) is 29.7. The molecule has 0 radical (unpaired) electrons. The molecule has 1 fully saturated rings. The Bertz CT molecular complexity index is 148. The van der Waals surface area contributed by atoms with E-state index < -0.39 is 0 Å². The molecule has 0 aromatic rings. The van der Waals surface area contributed by atoms with Crippen molar-refractivity contribution in [2.75, 3.05) is 6.61 Å². The van der Waals surface area contributed by atoms with Crippen molar-refractivity contribution in [1.82, 2.24) is 0 Å². The van der Waals surface area contributed by atoms with Crippen LogP contribution in [0.5, 0.6) is 0 Å². The van der Waals surface area contributed by atoms with Gasteiger partial charge in [0.25, 0.3) is 0 Å². The van der Waals surface area contributed by atoms with Gasteiger partial charge in [-0.2, -0.15) is 0 Å².